The molecule has 0 amide bonds. The number of aromatic nitrogens is 3. The van der Waals surface area contributed by atoms with Crippen LogP contribution in [0.3, 0.4) is 0 Å². The highest BCUT2D eigenvalue weighted by atomic mass is 79.9. The maximum absolute atomic E-state index is 5.97. The van der Waals surface area contributed by atoms with E-state index in [-0.39, 0.29) is 11.5 Å². The fourth-order valence-corrected chi connectivity index (χ4v) is 2.69. The van der Waals surface area contributed by atoms with Gasteiger partial charge in [0.1, 0.15) is 17.5 Å². The molecule has 2 unspecified atom stereocenters. The van der Waals surface area contributed by atoms with Gasteiger partial charge in [-0.3, -0.25) is 0 Å². The van der Waals surface area contributed by atoms with Gasteiger partial charge < -0.3 is 4.74 Å². The average molecular weight is 343 g/mol. The van der Waals surface area contributed by atoms with Gasteiger partial charge in [-0.1, -0.05) is 21.1 Å². The van der Waals surface area contributed by atoms with Gasteiger partial charge in [0.05, 0.1) is 18.1 Å². The minimum Gasteiger partial charge on any atom is -0.488 e. The lowest BCUT2D eigenvalue weighted by molar-refractivity contribution is 0.202. The molecule has 0 N–H and O–H groups in total. The quantitative estimate of drug-likeness (QED) is 0.803. The summed E-state index contributed by atoms with van der Waals surface area (Å²) >= 11 is 9.44. The Morgan fingerprint density at radius 2 is 2.42 bits per heavy atom. The molecule has 2 aromatic rings. The summed E-state index contributed by atoms with van der Waals surface area (Å²) in [6.07, 6.45) is 2.87. The SMILES string of the molecule is CC(Cl)c1cn(CC2Cc3cc(Br)ccc3O2)nn1. The van der Waals surface area contributed by atoms with E-state index in [1.54, 1.807) is 4.68 Å². The Labute approximate surface area is 124 Å². The molecule has 1 aromatic heterocycles. The second-order valence-electron chi connectivity index (χ2n) is 4.68. The molecular formula is C13H13BrClN3O. The fourth-order valence-electron chi connectivity index (χ4n) is 2.18. The van der Waals surface area contributed by atoms with E-state index in [1.165, 1.54) is 5.56 Å². The summed E-state index contributed by atoms with van der Waals surface area (Å²) < 4.78 is 8.76. The lowest BCUT2D eigenvalue weighted by atomic mass is 10.1. The number of nitrogens with zero attached hydrogens (tertiary/aromatic N) is 3. The first kappa shape index (κ1) is 12.9. The van der Waals surface area contributed by atoms with Crippen molar-refractivity contribution >= 4 is 27.5 Å². The first-order chi connectivity index (χ1) is 9.11. The number of benzene rings is 1. The van der Waals surface area contributed by atoms with Crippen LogP contribution in [0.5, 0.6) is 5.75 Å². The molecule has 0 fully saturated rings. The topological polar surface area (TPSA) is 39.9 Å². The first-order valence-electron chi connectivity index (χ1n) is 6.11. The zero-order valence-corrected chi connectivity index (χ0v) is 12.7. The number of alkyl halides is 1. The predicted molar refractivity (Wildman–Crippen MR) is 76.6 cm³/mol. The van der Waals surface area contributed by atoms with Crippen molar-refractivity contribution < 1.29 is 4.74 Å². The fraction of sp³-hybridized carbons (Fsp3) is 0.385. The molecule has 2 heterocycles. The Kier molecular flexibility index (Phi) is 3.50. The molecule has 1 aliphatic heterocycles. The van der Waals surface area contributed by atoms with Crippen molar-refractivity contribution in [2.75, 3.05) is 0 Å². The van der Waals surface area contributed by atoms with Gasteiger partial charge in [-0.05, 0) is 30.7 Å². The van der Waals surface area contributed by atoms with Crippen LogP contribution in [0.2, 0.25) is 0 Å². The zero-order chi connectivity index (χ0) is 13.4. The largest absolute Gasteiger partial charge is 0.488 e. The normalized spacial score (nSPS) is 19.0. The molecule has 2 atom stereocenters. The molecular weight excluding hydrogens is 330 g/mol. The molecule has 0 spiro atoms. The number of fused-ring (bicyclic) bond motifs is 1. The molecule has 4 nitrogen and oxygen atoms in total. The number of ether oxygens (including phenoxy) is 1. The van der Waals surface area contributed by atoms with Gasteiger partial charge in [0.15, 0.2) is 0 Å². The molecule has 0 aliphatic carbocycles. The summed E-state index contributed by atoms with van der Waals surface area (Å²) in [6.45, 7) is 2.57. The van der Waals surface area contributed by atoms with E-state index in [0.717, 1.165) is 22.3 Å². The lowest BCUT2D eigenvalue weighted by Gasteiger charge is -2.09. The number of hydrogen-bond acceptors (Lipinski definition) is 3. The lowest BCUT2D eigenvalue weighted by Crippen LogP contribution is -2.21. The molecule has 6 heteroatoms. The summed E-state index contributed by atoms with van der Waals surface area (Å²) in [5, 5.41) is 7.99. The highest BCUT2D eigenvalue weighted by Gasteiger charge is 2.24. The predicted octanol–water partition coefficient (Wildman–Crippen LogP) is 3.34. The van der Waals surface area contributed by atoms with E-state index in [0.29, 0.717) is 6.54 Å². The van der Waals surface area contributed by atoms with Gasteiger partial charge in [-0.2, -0.15) is 0 Å². The van der Waals surface area contributed by atoms with Crippen molar-refractivity contribution in [3.05, 3.63) is 40.1 Å². The second kappa shape index (κ2) is 5.13. The van der Waals surface area contributed by atoms with Crippen LogP contribution in [0.25, 0.3) is 0 Å². The van der Waals surface area contributed by atoms with Crippen LogP contribution in [-0.4, -0.2) is 21.1 Å². The molecule has 19 heavy (non-hydrogen) atoms. The van der Waals surface area contributed by atoms with Crippen LogP contribution < -0.4 is 4.74 Å². The van der Waals surface area contributed by atoms with E-state index < -0.39 is 0 Å². The van der Waals surface area contributed by atoms with E-state index in [9.17, 15) is 0 Å². The average Bonchev–Trinajstić information content (AvgIpc) is 2.95. The highest BCUT2D eigenvalue weighted by Crippen LogP contribution is 2.31. The molecule has 1 aromatic carbocycles. The summed E-state index contributed by atoms with van der Waals surface area (Å²) in [7, 11) is 0. The summed E-state index contributed by atoms with van der Waals surface area (Å²) in [4.78, 5) is 0. The minimum atomic E-state index is -0.119. The minimum absolute atomic E-state index is 0.101. The van der Waals surface area contributed by atoms with Crippen molar-refractivity contribution in [2.24, 2.45) is 0 Å². The third-order valence-electron chi connectivity index (χ3n) is 3.12. The van der Waals surface area contributed by atoms with Crippen molar-refractivity contribution in [1.29, 1.82) is 0 Å². The number of halogens is 2. The molecule has 0 radical (unpaired) electrons. The summed E-state index contributed by atoms with van der Waals surface area (Å²) in [5.41, 5.74) is 2.02. The first-order valence-corrected chi connectivity index (χ1v) is 7.34. The standard InChI is InChI=1S/C13H13BrClN3O/c1-8(15)12-7-18(17-16-12)6-11-5-9-4-10(14)2-3-13(9)19-11/h2-4,7-8,11H,5-6H2,1H3. The zero-order valence-electron chi connectivity index (χ0n) is 10.4. The monoisotopic (exact) mass is 341 g/mol. The van der Waals surface area contributed by atoms with Gasteiger partial charge in [0, 0.05) is 10.9 Å². The van der Waals surface area contributed by atoms with Gasteiger partial charge in [0.2, 0.25) is 0 Å². The van der Waals surface area contributed by atoms with Crippen LogP contribution in [0.15, 0.2) is 28.9 Å². The smallest absolute Gasteiger partial charge is 0.123 e. The Bertz CT molecular complexity index is 599. The van der Waals surface area contributed by atoms with Gasteiger partial charge >= 0.3 is 0 Å². The Hall–Kier alpha value is -1.07. The van der Waals surface area contributed by atoms with E-state index in [4.69, 9.17) is 16.3 Å². The maximum Gasteiger partial charge on any atom is 0.123 e. The third-order valence-corrected chi connectivity index (χ3v) is 3.84. The number of hydrogen-bond donors (Lipinski definition) is 0. The summed E-state index contributed by atoms with van der Waals surface area (Å²) in [6, 6.07) is 6.08. The van der Waals surface area contributed by atoms with Crippen molar-refractivity contribution in [3.63, 3.8) is 0 Å². The van der Waals surface area contributed by atoms with Gasteiger partial charge in [-0.15, -0.1) is 16.7 Å². The van der Waals surface area contributed by atoms with Crippen LogP contribution in [-0.2, 0) is 13.0 Å². The molecule has 0 saturated heterocycles. The molecule has 0 bridgehead atoms. The molecule has 1 aliphatic rings. The van der Waals surface area contributed by atoms with Crippen molar-refractivity contribution in [2.45, 2.75) is 31.4 Å². The van der Waals surface area contributed by atoms with Gasteiger partial charge in [0.25, 0.3) is 0 Å². The van der Waals surface area contributed by atoms with Gasteiger partial charge in [-0.25, -0.2) is 4.68 Å². The van der Waals surface area contributed by atoms with E-state index in [2.05, 4.69) is 32.3 Å². The summed E-state index contributed by atoms with van der Waals surface area (Å²) in [5.74, 6) is 0.958. The number of rotatable bonds is 3. The van der Waals surface area contributed by atoms with E-state index in [1.807, 2.05) is 25.3 Å². The Morgan fingerprint density at radius 1 is 1.58 bits per heavy atom. The molecule has 100 valence electrons. The Morgan fingerprint density at radius 3 is 3.16 bits per heavy atom. The Balaban J connectivity index is 1.69. The maximum atomic E-state index is 5.97. The van der Waals surface area contributed by atoms with Crippen LogP contribution in [0, 0.1) is 0 Å². The van der Waals surface area contributed by atoms with E-state index >= 15 is 0 Å². The third kappa shape index (κ3) is 2.77. The van der Waals surface area contributed by atoms with Crippen molar-refractivity contribution in [1.82, 2.24) is 15.0 Å². The molecule has 3 rings (SSSR count). The van der Waals surface area contributed by atoms with Crippen LogP contribution in [0.1, 0.15) is 23.6 Å². The van der Waals surface area contributed by atoms with Crippen LogP contribution >= 0.6 is 27.5 Å². The van der Waals surface area contributed by atoms with Crippen molar-refractivity contribution in [3.8, 4) is 5.75 Å². The molecule has 0 saturated carbocycles. The van der Waals surface area contributed by atoms with Crippen LogP contribution in [0.4, 0.5) is 0 Å². The second-order valence-corrected chi connectivity index (χ2v) is 6.25. The highest BCUT2D eigenvalue weighted by molar-refractivity contribution is 9.10.